The van der Waals surface area contributed by atoms with Gasteiger partial charge >= 0.3 is 7.25 Å². The van der Waals surface area contributed by atoms with E-state index in [1.807, 2.05) is 0 Å². The van der Waals surface area contributed by atoms with Crippen LogP contribution in [0.4, 0.5) is 23.0 Å². The Morgan fingerprint density at radius 2 is 1.23 bits per heavy atom. The van der Waals surface area contributed by atoms with Gasteiger partial charge in [-0.1, -0.05) is 56.3 Å². The van der Waals surface area contributed by atoms with Crippen molar-refractivity contribution in [2.75, 3.05) is 19.0 Å². The molecule has 0 bridgehead atoms. The van der Waals surface area contributed by atoms with Crippen LogP contribution in [0.1, 0.15) is 30.8 Å². The lowest BCUT2D eigenvalue weighted by Gasteiger charge is -2.13. The van der Waals surface area contributed by atoms with E-state index in [1.165, 1.54) is 33.8 Å². The van der Waals surface area contributed by atoms with Gasteiger partial charge in [0.05, 0.1) is 0 Å². The molecule has 3 aromatic rings. The maximum absolute atomic E-state index is 9.75. The SMILES string of the molecule is CCc1cc(-c2ccccc2)cc(CC)[n+]1Cc1ccc(N(C)C)cc1.F[B-](F)(F)F. The van der Waals surface area contributed by atoms with Crippen molar-refractivity contribution in [1.82, 2.24) is 0 Å². The van der Waals surface area contributed by atoms with Crippen molar-refractivity contribution in [3.8, 4) is 11.1 Å². The molecule has 1 heterocycles. The third-order valence-corrected chi connectivity index (χ3v) is 4.96. The molecule has 31 heavy (non-hydrogen) atoms. The quantitative estimate of drug-likeness (QED) is 0.256. The van der Waals surface area contributed by atoms with Crippen molar-refractivity contribution >= 4 is 12.9 Å². The van der Waals surface area contributed by atoms with Crippen molar-refractivity contribution in [2.24, 2.45) is 0 Å². The standard InChI is InChI=1S/C24H29N2.BF4/c1-5-22-16-21(20-10-8-7-9-11-20)17-23(6-2)26(22)18-19-12-14-24(15-13-19)25(3)4;2-1(3,4)5/h7-17H,5-6,18H2,1-4H3;/q+1;-1. The monoisotopic (exact) mass is 432 g/mol. The number of hydrogen-bond acceptors (Lipinski definition) is 1. The predicted molar refractivity (Wildman–Crippen MR) is 121 cm³/mol. The van der Waals surface area contributed by atoms with E-state index in [0.717, 1.165) is 19.4 Å². The Kier molecular flexibility index (Phi) is 8.66. The molecular weight excluding hydrogens is 403 g/mol. The van der Waals surface area contributed by atoms with Crippen LogP contribution in [0.2, 0.25) is 0 Å². The van der Waals surface area contributed by atoms with Gasteiger partial charge in [0.2, 0.25) is 0 Å². The summed E-state index contributed by atoms with van der Waals surface area (Å²) in [5.74, 6) is 0. The maximum atomic E-state index is 9.75. The topological polar surface area (TPSA) is 7.12 Å². The fourth-order valence-electron chi connectivity index (χ4n) is 3.41. The second-order valence-electron chi connectivity index (χ2n) is 7.44. The molecule has 3 rings (SSSR count). The Hall–Kier alpha value is -2.83. The highest BCUT2D eigenvalue weighted by atomic mass is 19.5. The van der Waals surface area contributed by atoms with E-state index < -0.39 is 7.25 Å². The number of benzene rings is 2. The lowest BCUT2D eigenvalue weighted by Crippen LogP contribution is -2.43. The van der Waals surface area contributed by atoms with E-state index in [2.05, 4.69) is 104 Å². The van der Waals surface area contributed by atoms with Crippen molar-refractivity contribution in [1.29, 1.82) is 0 Å². The second kappa shape index (κ2) is 11.0. The smallest absolute Gasteiger partial charge is 0.418 e. The Bertz CT molecular complexity index is 925. The van der Waals surface area contributed by atoms with Gasteiger partial charge < -0.3 is 22.2 Å². The van der Waals surface area contributed by atoms with Gasteiger partial charge in [-0.05, 0) is 23.3 Å². The van der Waals surface area contributed by atoms with E-state index >= 15 is 0 Å². The van der Waals surface area contributed by atoms with Gasteiger partial charge in [0, 0.05) is 50.3 Å². The summed E-state index contributed by atoms with van der Waals surface area (Å²) in [4.78, 5) is 2.14. The summed E-state index contributed by atoms with van der Waals surface area (Å²) in [5.41, 5.74) is 7.97. The van der Waals surface area contributed by atoms with Gasteiger partial charge in [-0.15, -0.1) is 0 Å². The Balaban J connectivity index is 0.000000614. The molecule has 166 valence electrons. The Morgan fingerprint density at radius 3 is 1.65 bits per heavy atom. The first-order valence-electron chi connectivity index (χ1n) is 10.4. The van der Waals surface area contributed by atoms with Crippen LogP contribution in [-0.4, -0.2) is 21.3 Å². The molecule has 0 spiro atoms. The number of pyridine rings is 1. The summed E-state index contributed by atoms with van der Waals surface area (Å²) in [6.45, 7) is 5.42. The average molecular weight is 432 g/mol. The first kappa shape index (κ1) is 24.4. The fraction of sp³-hybridized carbons (Fsp3) is 0.292. The zero-order valence-electron chi connectivity index (χ0n) is 18.5. The molecule has 0 N–H and O–H groups in total. The molecule has 0 aliphatic heterocycles. The highest BCUT2D eigenvalue weighted by molar-refractivity contribution is 6.50. The van der Waals surface area contributed by atoms with Crippen LogP contribution in [0, 0.1) is 0 Å². The van der Waals surface area contributed by atoms with Crippen molar-refractivity contribution in [2.45, 2.75) is 33.2 Å². The Morgan fingerprint density at radius 1 is 0.742 bits per heavy atom. The fourth-order valence-corrected chi connectivity index (χ4v) is 3.41. The minimum absolute atomic E-state index is 0.926. The summed E-state index contributed by atoms with van der Waals surface area (Å²) in [7, 11) is -1.84. The van der Waals surface area contributed by atoms with E-state index in [4.69, 9.17) is 0 Å². The first-order chi connectivity index (χ1) is 14.6. The predicted octanol–water partition coefficient (Wildman–Crippen LogP) is 6.18. The third kappa shape index (κ3) is 7.74. The van der Waals surface area contributed by atoms with Crippen LogP contribution in [-0.2, 0) is 19.4 Å². The zero-order chi connectivity index (χ0) is 23.0. The van der Waals surface area contributed by atoms with Crippen LogP contribution in [0.25, 0.3) is 11.1 Å². The van der Waals surface area contributed by atoms with Gasteiger partial charge in [0.15, 0.2) is 17.9 Å². The molecule has 0 saturated heterocycles. The molecule has 7 heteroatoms. The molecule has 2 nitrogen and oxygen atoms in total. The third-order valence-electron chi connectivity index (χ3n) is 4.96. The van der Waals surface area contributed by atoms with Gasteiger partial charge in [0.1, 0.15) is 0 Å². The summed E-state index contributed by atoms with van der Waals surface area (Å²) in [6, 6.07) is 24.3. The molecular formula is C24H29BF4N2. The van der Waals surface area contributed by atoms with Crippen LogP contribution >= 0.6 is 0 Å². The molecule has 0 amide bonds. The van der Waals surface area contributed by atoms with Crippen molar-refractivity contribution < 1.29 is 21.8 Å². The van der Waals surface area contributed by atoms with Crippen LogP contribution < -0.4 is 9.47 Å². The van der Waals surface area contributed by atoms with E-state index in [1.54, 1.807) is 0 Å². The molecule has 1 aromatic heterocycles. The minimum Gasteiger partial charge on any atom is -0.418 e. The van der Waals surface area contributed by atoms with E-state index in [0.29, 0.717) is 0 Å². The number of nitrogens with zero attached hydrogens (tertiary/aromatic N) is 2. The van der Waals surface area contributed by atoms with Gasteiger partial charge in [-0.25, -0.2) is 0 Å². The highest BCUT2D eigenvalue weighted by Gasteiger charge is 2.20. The number of rotatable bonds is 6. The van der Waals surface area contributed by atoms with Crippen LogP contribution in [0.15, 0.2) is 66.7 Å². The summed E-state index contributed by atoms with van der Waals surface area (Å²) >= 11 is 0. The summed E-state index contributed by atoms with van der Waals surface area (Å²) in [6.07, 6.45) is 2.06. The number of hydrogen-bond donors (Lipinski definition) is 0. The minimum atomic E-state index is -6.00. The second-order valence-corrected chi connectivity index (χ2v) is 7.44. The Labute approximate surface area is 182 Å². The summed E-state index contributed by atoms with van der Waals surface area (Å²) < 4.78 is 41.5. The number of halogens is 4. The highest BCUT2D eigenvalue weighted by Crippen LogP contribution is 2.21. The molecule has 2 aromatic carbocycles. The maximum Gasteiger partial charge on any atom is 0.673 e. The van der Waals surface area contributed by atoms with Crippen molar-refractivity contribution in [3.63, 3.8) is 0 Å². The molecule has 0 aliphatic rings. The molecule has 0 fully saturated rings. The number of anilines is 1. The first-order valence-corrected chi connectivity index (χ1v) is 10.4. The van der Waals surface area contributed by atoms with E-state index in [-0.39, 0.29) is 0 Å². The van der Waals surface area contributed by atoms with Gasteiger partial charge in [0.25, 0.3) is 0 Å². The lowest BCUT2D eigenvalue weighted by atomic mass is 10.0. The number of aryl methyl sites for hydroxylation is 2. The van der Waals surface area contributed by atoms with Gasteiger partial charge in [-0.3, -0.25) is 0 Å². The largest absolute Gasteiger partial charge is 0.673 e. The van der Waals surface area contributed by atoms with Crippen LogP contribution in [0.3, 0.4) is 0 Å². The average Bonchev–Trinajstić information content (AvgIpc) is 2.73. The molecule has 0 unspecified atom stereocenters. The van der Waals surface area contributed by atoms with E-state index in [9.17, 15) is 17.3 Å². The number of aromatic nitrogens is 1. The van der Waals surface area contributed by atoms with Crippen molar-refractivity contribution in [3.05, 3.63) is 83.7 Å². The van der Waals surface area contributed by atoms with Gasteiger partial charge in [-0.2, -0.15) is 4.57 Å². The molecule has 0 aliphatic carbocycles. The molecule has 0 radical (unpaired) electrons. The lowest BCUT2D eigenvalue weighted by molar-refractivity contribution is -0.702. The van der Waals surface area contributed by atoms with Crippen LogP contribution in [0.5, 0.6) is 0 Å². The summed E-state index contributed by atoms with van der Waals surface area (Å²) in [5, 5.41) is 0. The molecule has 0 saturated carbocycles. The zero-order valence-corrected chi connectivity index (χ0v) is 18.5. The normalized spacial score (nSPS) is 11.0. The molecule has 0 atom stereocenters.